The van der Waals surface area contributed by atoms with Crippen molar-refractivity contribution in [2.24, 2.45) is 46.3 Å². The maximum atomic E-state index is 12.8. The van der Waals surface area contributed by atoms with E-state index >= 15 is 0 Å². The molecule has 5 rings (SSSR count). The van der Waals surface area contributed by atoms with Gasteiger partial charge in [-0.05, 0) is 128 Å². The highest BCUT2D eigenvalue weighted by Crippen LogP contribution is 2.68. The lowest BCUT2D eigenvalue weighted by molar-refractivity contribution is -0.174. The summed E-state index contributed by atoms with van der Waals surface area (Å²) in [5, 5.41) is 24.9. The first-order valence-corrected chi connectivity index (χ1v) is 15.9. The van der Waals surface area contributed by atoms with E-state index in [1.165, 1.54) is 25.7 Å². The monoisotopic (exact) mass is 555 g/mol. The van der Waals surface area contributed by atoms with Gasteiger partial charge in [0.1, 0.15) is 0 Å². The number of aliphatic hydroxyl groups excluding tert-OH is 2. The number of rotatable bonds is 9. The number of ether oxygens (including phenoxy) is 2. The van der Waals surface area contributed by atoms with Crippen LogP contribution in [0, 0.1) is 46.3 Å². The number of hydrogen-bond donors (Lipinski definition) is 3. The van der Waals surface area contributed by atoms with Gasteiger partial charge in [-0.25, -0.2) is 0 Å². The minimum atomic E-state index is -0.233. The Bertz CT molecular complexity index is 1050. The number of aliphatic hydroxyl groups is 2. The Morgan fingerprint density at radius 3 is 2.48 bits per heavy atom. The number of hydrogen-bond acceptors (Lipinski definition) is 5. The number of amides is 1. The van der Waals surface area contributed by atoms with E-state index in [-0.39, 0.29) is 28.9 Å². The molecule has 4 fully saturated rings. The third kappa shape index (κ3) is 5.40. The van der Waals surface area contributed by atoms with Crippen LogP contribution in [0.15, 0.2) is 18.2 Å². The van der Waals surface area contributed by atoms with Crippen molar-refractivity contribution in [3.8, 4) is 11.5 Å². The van der Waals surface area contributed by atoms with Gasteiger partial charge in [0.25, 0.3) is 0 Å². The Kier molecular flexibility index (Phi) is 8.78. The molecule has 0 aliphatic heterocycles. The van der Waals surface area contributed by atoms with E-state index in [0.717, 1.165) is 44.1 Å². The normalized spacial score (nSPS) is 39.4. The molecule has 0 saturated heterocycles. The molecule has 40 heavy (non-hydrogen) atoms. The number of nitrogens with one attached hydrogen (secondary N) is 1. The van der Waals surface area contributed by atoms with Crippen LogP contribution in [0.3, 0.4) is 0 Å². The first-order valence-electron chi connectivity index (χ1n) is 15.9. The molecular weight excluding hydrogens is 502 g/mol. The number of methoxy groups -OCH3 is 2. The number of carbonyl (C=O) groups is 1. The second-order valence-electron chi connectivity index (χ2n) is 14.3. The molecule has 0 heterocycles. The van der Waals surface area contributed by atoms with Crippen molar-refractivity contribution in [1.29, 1.82) is 0 Å². The third-order valence-electron chi connectivity index (χ3n) is 12.4. The van der Waals surface area contributed by atoms with Crippen molar-refractivity contribution >= 4 is 5.91 Å². The summed E-state index contributed by atoms with van der Waals surface area (Å²) < 4.78 is 10.7. The van der Waals surface area contributed by atoms with E-state index in [4.69, 9.17) is 9.47 Å². The first kappa shape index (κ1) is 29.7. The molecule has 0 unspecified atom stereocenters. The zero-order valence-corrected chi connectivity index (χ0v) is 25.5. The van der Waals surface area contributed by atoms with Gasteiger partial charge < -0.3 is 25.0 Å². The molecule has 4 aliphatic rings. The molecule has 4 aliphatic carbocycles. The maximum Gasteiger partial charge on any atom is 0.220 e. The van der Waals surface area contributed by atoms with Crippen LogP contribution in [-0.4, -0.2) is 49.1 Å². The number of benzene rings is 1. The summed E-state index contributed by atoms with van der Waals surface area (Å²) in [6.45, 7) is 7.97. The van der Waals surface area contributed by atoms with E-state index in [2.05, 4.69) is 26.1 Å². The molecule has 6 heteroatoms. The predicted octanol–water partition coefficient (Wildman–Crippen LogP) is 5.77. The molecule has 1 aromatic carbocycles. The zero-order chi connectivity index (χ0) is 28.7. The third-order valence-corrected chi connectivity index (χ3v) is 12.4. The fourth-order valence-corrected chi connectivity index (χ4v) is 10.2. The summed E-state index contributed by atoms with van der Waals surface area (Å²) in [6, 6.07) is 5.90. The van der Waals surface area contributed by atoms with Gasteiger partial charge in [-0.1, -0.05) is 26.8 Å². The molecular formula is C34H53NO5. The van der Waals surface area contributed by atoms with E-state index in [9.17, 15) is 15.0 Å². The molecule has 1 amide bonds. The van der Waals surface area contributed by atoms with E-state index in [1.807, 2.05) is 18.2 Å². The van der Waals surface area contributed by atoms with Crippen molar-refractivity contribution in [3.05, 3.63) is 23.8 Å². The molecule has 0 bridgehead atoms. The summed E-state index contributed by atoms with van der Waals surface area (Å²) in [7, 11) is 3.27. The Morgan fingerprint density at radius 1 is 1.00 bits per heavy atom. The van der Waals surface area contributed by atoms with Crippen LogP contribution < -0.4 is 14.8 Å². The van der Waals surface area contributed by atoms with Gasteiger partial charge in [0.15, 0.2) is 11.5 Å². The highest BCUT2D eigenvalue weighted by molar-refractivity contribution is 5.75. The highest BCUT2D eigenvalue weighted by atomic mass is 16.5. The van der Waals surface area contributed by atoms with Crippen molar-refractivity contribution < 1.29 is 24.5 Å². The SMILES string of the molecule is COc1ccc(CCNC(=O)CC[C@@H](C)[C@H]2CC[C@H]3[C@@H]4[C@@H](O)C[C@@H]5C[C@H](O)CC[C@]5(C)[C@H]4CC[C@]23C)cc1OC. The second-order valence-corrected chi connectivity index (χ2v) is 14.3. The standard InChI is InChI=1S/C34H53NO5/c1-21(6-11-31(38)35-17-14-22-7-10-29(39-4)30(18-22)40-5)25-8-9-26-32-27(13-16-34(25,26)3)33(2)15-12-24(36)19-23(33)20-28(32)37/h7,10,18,21,23-28,32,36-37H,6,8-9,11-17,19-20H2,1-5H3,(H,35,38)/t21-,23+,24-,25-,26+,27+,28+,32+,33+,34-/m1/s1. The quantitative estimate of drug-likeness (QED) is 0.360. The van der Waals surface area contributed by atoms with Crippen LogP contribution in [0.1, 0.15) is 90.5 Å². The average Bonchev–Trinajstić information content (AvgIpc) is 3.29. The Morgan fingerprint density at radius 2 is 1.73 bits per heavy atom. The summed E-state index contributed by atoms with van der Waals surface area (Å²) >= 11 is 0. The molecule has 0 spiro atoms. The summed E-state index contributed by atoms with van der Waals surface area (Å²) in [5.74, 6) is 4.69. The van der Waals surface area contributed by atoms with E-state index in [0.29, 0.717) is 60.0 Å². The summed E-state index contributed by atoms with van der Waals surface area (Å²) in [4.78, 5) is 12.8. The second kappa shape index (κ2) is 11.8. The highest BCUT2D eigenvalue weighted by Gasteiger charge is 2.62. The molecule has 224 valence electrons. The first-order chi connectivity index (χ1) is 19.1. The summed E-state index contributed by atoms with van der Waals surface area (Å²) in [5.41, 5.74) is 1.63. The predicted molar refractivity (Wildman–Crippen MR) is 157 cm³/mol. The van der Waals surface area contributed by atoms with Crippen LogP contribution in [0.2, 0.25) is 0 Å². The molecule has 6 nitrogen and oxygen atoms in total. The molecule has 4 saturated carbocycles. The van der Waals surface area contributed by atoms with Crippen LogP contribution in [0.5, 0.6) is 11.5 Å². The van der Waals surface area contributed by atoms with Gasteiger partial charge in [-0.15, -0.1) is 0 Å². The lowest BCUT2D eigenvalue weighted by atomic mass is 9.43. The molecule has 0 radical (unpaired) electrons. The molecule has 1 aromatic rings. The van der Waals surface area contributed by atoms with Gasteiger partial charge in [0.05, 0.1) is 26.4 Å². The van der Waals surface area contributed by atoms with Crippen LogP contribution in [0.4, 0.5) is 0 Å². The van der Waals surface area contributed by atoms with Gasteiger partial charge in [0, 0.05) is 13.0 Å². The van der Waals surface area contributed by atoms with Gasteiger partial charge in [0.2, 0.25) is 5.91 Å². The van der Waals surface area contributed by atoms with Crippen molar-refractivity contribution in [1.82, 2.24) is 5.32 Å². The van der Waals surface area contributed by atoms with Crippen LogP contribution in [0.25, 0.3) is 0 Å². The Balaban J connectivity index is 1.14. The van der Waals surface area contributed by atoms with Crippen LogP contribution in [-0.2, 0) is 11.2 Å². The number of carbonyl (C=O) groups excluding carboxylic acids is 1. The smallest absolute Gasteiger partial charge is 0.220 e. The minimum Gasteiger partial charge on any atom is -0.493 e. The van der Waals surface area contributed by atoms with Crippen molar-refractivity contribution in [3.63, 3.8) is 0 Å². The lowest BCUT2D eigenvalue weighted by Crippen LogP contribution is -2.58. The van der Waals surface area contributed by atoms with Crippen LogP contribution >= 0.6 is 0 Å². The minimum absolute atomic E-state index is 0.136. The van der Waals surface area contributed by atoms with E-state index < -0.39 is 0 Å². The molecule has 0 aromatic heterocycles. The van der Waals surface area contributed by atoms with Gasteiger partial charge in [-0.2, -0.15) is 0 Å². The van der Waals surface area contributed by atoms with E-state index in [1.54, 1.807) is 14.2 Å². The average molecular weight is 556 g/mol. The van der Waals surface area contributed by atoms with Crippen molar-refractivity contribution in [2.75, 3.05) is 20.8 Å². The zero-order valence-electron chi connectivity index (χ0n) is 25.5. The Hall–Kier alpha value is -1.79. The maximum absolute atomic E-state index is 12.8. The largest absolute Gasteiger partial charge is 0.493 e. The fourth-order valence-electron chi connectivity index (χ4n) is 10.2. The van der Waals surface area contributed by atoms with Gasteiger partial charge in [-0.3, -0.25) is 4.79 Å². The fraction of sp³-hybridized carbons (Fsp3) is 0.794. The summed E-state index contributed by atoms with van der Waals surface area (Å²) in [6.07, 6.45) is 10.5. The van der Waals surface area contributed by atoms with Gasteiger partial charge >= 0.3 is 0 Å². The molecule has 10 atom stereocenters. The lowest BCUT2D eigenvalue weighted by Gasteiger charge is -2.62. The topological polar surface area (TPSA) is 88.0 Å². The molecule has 3 N–H and O–H groups in total. The van der Waals surface area contributed by atoms with Crippen molar-refractivity contribution in [2.45, 2.75) is 104 Å². The Labute approximate surface area is 241 Å². The number of fused-ring (bicyclic) bond motifs is 5.